The van der Waals surface area contributed by atoms with Crippen molar-refractivity contribution in [2.24, 2.45) is 5.73 Å². The Morgan fingerprint density at radius 3 is 2.62 bits per heavy atom. The van der Waals surface area contributed by atoms with Gasteiger partial charge in [0, 0.05) is 39.0 Å². The highest BCUT2D eigenvalue weighted by molar-refractivity contribution is 5.78. The van der Waals surface area contributed by atoms with E-state index >= 15 is 0 Å². The van der Waals surface area contributed by atoms with Crippen LogP contribution in [0, 0.1) is 0 Å². The van der Waals surface area contributed by atoms with E-state index in [1.165, 1.54) is 0 Å². The average molecular weight is 299 g/mol. The summed E-state index contributed by atoms with van der Waals surface area (Å²) in [5.74, 6) is 0.143. The maximum Gasteiger partial charge on any atom is 0.234 e. The van der Waals surface area contributed by atoms with Gasteiger partial charge in [0.1, 0.15) is 0 Å². The maximum absolute atomic E-state index is 12.0. The molecule has 0 aromatic rings. The van der Waals surface area contributed by atoms with Crippen LogP contribution in [0.2, 0.25) is 0 Å². The molecule has 0 spiro atoms. The highest BCUT2D eigenvalue weighted by atomic mass is 16.5. The van der Waals surface area contributed by atoms with Gasteiger partial charge in [0.05, 0.1) is 12.6 Å². The van der Waals surface area contributed by atoms with Crippen LogP contribution in [0.25, 0.3) is 0 Å². The van der Waals surface area contributed by atoms with Gasteiger partial charge in [-0.2, -0.15) is 0 Å². The first kappa shape index (κ1) is 16.7. The Labute approximate surface area is 127 Å². The molecule has 2 saturated heterocycles. The van der Waals surface area contributed by atoms with Gasteiger partial charge >= 0.3 is 0 Å². The third-order valence-corrected chi connectivity index (χ3v) is 4.19. The lowest BCUT2D eigenvalue weighted by atomic mass is 10.1. The molecular weight excluding hydrogens is 270 g/mol. The first-order valence-corrected chi connectivity index (χ1v) is 8.19. The summed E-state index contributed by atoms with van der Waals surface area (Å²) in [5, 5.41) is 3.11. The van der Waals surface area contributed by atoms with Crippen LogP contribution >= 0.6 is 0 Å². The van der Waals surface area contributed by atoms with Crippen LogP contribution in [0.3, 0.4) is 0 Å². The number of likely N-dealkylation sites (tertiary alicyclic amines) is 1. The molecule has 2 aliphatic heterocycles. The van der Waals surface area contributed by atoms with Gasteiger partial charge < -0.3 is 20.5 Å². The van der Waals surface area contributed by atoms with Crippen molar-refractivity contribution in [3.8, 4) is 0 Å². The van der Waals surface area contributed by atoms with Gasteiger partial charge in [0.15, 0.2) is 0 Å². The molecule has 2 heterocycles. The normalized spacial score (nSPS) is 22.3. The number of nitrogens with zero attached hydrogens (tertiary/aromatic N) is 1. The van der Waals surface area contributed by atoms with E-state index in [0.717, 1.165) is 65.0 Å². The Kier molecular flexibility index (Phi) is 7.43. The van der Waals surface area contributed by atoms with Crippen LogP contribution in [0.5, 0.6) is 0 Å². The van der Waals surface area contributed by atoms with Crippen LogP contribution in [-0.2, 0) is 14.3 Å². The molecule has 2 rings (SSSR count). The molecule has 122 valence electrons. The first-order chi connectivity index (χ1) is 10.3. The summed E-state index contributed by atoms with van der Waals surface area (Å²) >= 11 is 0. The summed E-state index contributed by atoms with van der Waals surface area (Å²) in [4.78, 5) is 14.3. The largest absolute Gasteiger partial charge is 0.381 e. The number of nitrogens with two attached hydrogens (primary N) is 1. The fraction of sp³-hybridized carbons (Fsp3) is 0.933. The van der Waals surface area contributed by atoms with Crippen LogP contribution in [0.1, 0.15) is 32.1 Å². The number of piperidine rings is 1. The minimum Gasteiger partial charge on any atom is -0.381 e. The van der Waals surface area contributed by atoms with Crippen LogP contribution in [0.4, 0.5) is 0 Å². The molecule has 0 aromatic carbocycles. The van der Waals surface area contributed by atoms with E-state index in [9.17, 15) is 4.79 Å². The van der Waals surface area contributed by atoms with Crippen molar-refractivity contribution >= 4 is 5.91 Å². The van der Waals surface area contributed by atoms with Crippen LogP contribution in [-0.4, -0.2) is 69.0 Å². The molecule has 2 aliphatic rings. The lowest BCUT2D eigenvalue weighted by Crippen LogP contribution is -2.46. The van der Waals surface area contributed by atoms with E-state index in [2.05, 4.69) is 10.2 Å². The molecule has 0 saturated carbocycles. The minimum atomic E-state index is 0.143. The number of amides is 1. The molecule has 0 aromatic heterocycles. The summed E-state index contributed by atoms with van der Waals surface area (Å²) in [7, 11) is 0. The zero-order valence-corrected chi connectivity index (χ0v) is 12.9. The summed E-state index contributed by atoms with van der Waals surface area (Å²) in [5.41, 5.74) is 5.46. The molecule has 0 bridgehead atoms. The number of ether oxygens (including phenoxy) is 2. The second-order valence-corrected chi connectivity index (χ2v) is 5.94. The predicted molar refractivity (Wildman–Crippen MR) is 81.1 cm³/mol. The summed E-state index contributed by atoms with van der Waals surface area (Å²) < 4.78 is 11.1. The van der Waals surface area contributed by atoms with E-state index in [4.69, 9.17) is 15.2 Å². The molecule has 0 aliphatic carbocycles. The van der Waals surface area contributed by atoms with E-state index in [0.29, 0.717) is 25.2 Å². The second-order valence-electron chi connectivity index (χ2n) is 5.94. The summed E-state index contributed by atoms with van der Waals surface area (Å²) in [6.45, 7) is 5.35. The van der Waals surface area contributed by atoms with E-state index < -0.39 is 0 Å². The Hall–Kier alpha value is -0.690. The SMILES string of the molecule is NCCCOC1CCN(CC(=O)NC2CCOCC2)CC1. The summed E-state index contributed by atoms with van der Waals surface area (Å²) in [6.07, 6.45) is 5.15. The number of rotatable bonds is 7. The van der Waals surface area contributed by atoms with Crippen molar-refractivity contribution in [2.75, 3.05) is 46.0 Å². The number of nitrogens with one attached hydrogen (secondary N) is 1. The van der Waals surface area contributed by atoms with Gasteiger partial charge in [-0.1, -0.05) is 0 Å². The standard InChI is InChI=1S/C15H29N3O3/c16-6-1-9-21-14-2-7-18(8-3-14)12-15(19)17-13-4-10-20-11-5-13/h13-14H,1-12,16H2,(H,17,19). The van der Waals surface area contributed by atoms with Gasteiger partial charge in [0.25, 0.3) is 0 Å². The molecule has 6 nitrogen and oxygen atoms in total. The maximum atomic E-state index is 12.0. The molecule has 0 radical (unpaired) electrons. The molecule has 3 N–H and O–H groups in total. The first-order valence-electron chi connectivity index (χ1n) is 8.19. The van der Waals surface area contributed by atoms with Gasteiger partial charge in [0.2, 0.25) is 5.91 Å². The van der Waals surface area contributed by atoms with Crippen molar-refractivity contribution in [3.05, 3.63) is 0 Å². The Balaban J connectivity index is 1.58. The highest BCUT2D eigenvalue weighted by Crippen LogP contribution is 2.14. The number of hydrogen-bond acceptors (Lipinski definition) is 5. The lowest BCUT2D eigenvalue weighted by Gasteiger charge is -2.32. The van der Waals surface area contributed by atoms with Crippen molar-refractivity contribution in [1.82, 2.24) is 10.2 Å². The number of hydrogen-bond donors (Lipinski definition) is 2. The fourth-order valence-electron chi connectivity index (χ4n) is 2.89. The average Bonchev–Trinajstić information content (AvgIpc) is 2.50. The quantitative estimate of drug-likeness (QED) is 0.653. The van der Waals surface area contributed by atoms with Crippen molar-refractivity contribution in [2.45, 2.75) is 44.2 Å². The molecular formula is C15H29N3O3. The monoisotopic (exact) mass is 299 g/mol. The fourth-order valence-corrected chi connectivity index (χ4v) is 2.89. The molecule has 0 atom stereocenters. The van der Waals surface area contributed by atoms with Gasteiger partial charge in [-0.25, -0.2) is 0 Å². The van der Waals surface area contributed by atoms with Crippen LogP contribution in [0.15, 0.2) is 0 Å². The number of carbonyl (C=O) groups is 1. The zero-order chi connectivity index (χ0) is 14.9. The third kappa shape index (κ3) is 6.30. The smallest absolute Gasteiger partial charge is 0.234 e. The molecule has 2 fully saturated rings. The van der Waals surface area contributed by atoms with E-state index in [1.807, 2.05) is 0 Å². The minimum absolute atomic E-state index is 0.143. The van der Waals surface area contributed by atoms with Gasteiger partial charge in [-0.3, -0.25) is 9.69 Å². The Morgan fingerprint density at radius 2 is 1.95 bits per heavy atom. The molecule has 6 heteroatoms. The number of carbonyl (C=O) groups excluding carboxylic acids is 1. The van der Waals surface area contributed by atoms with Gasteiger partial charge in [-0.05, 0) is 38.6 Å². The molecule has 21 heavy (non-hydrogen) atoms. The van der Waals surface area contributed by atoms with E-state index in [-0.39, 0.29) is 5.91 Å². The van der Waals surface area contributed by atoms with Crippen LogP contribution < -0.4 is 11.1 Å². The third-order valence-electron chi connectivity index (χ3n) is 4.19. The van der Waals surface area contributed by atoms with E-state index in [1.54, 1.807) is 0 Å². The van der Waals surface area contributed by atoms with Crippen molar-refractivity contribution in [1.29, 1.82) is 0 Å². The highest BCUT2D eigenvalue weighted by Gasteiger charge is 2.22. The van der Waals surface area contributed by atoms with Gasteiger partial charge in [-0.15, -0.1) is 0 Å². The van der Waals surface area contributed by atoms with Crippen molar-refractivity contribution in [3.63, 3.8) is 0 Å². The zero-order valence-electron chi connectivity index (χ0n) is 12.9. The predicted octanol–water partition coefficient (Wildman–Crippen LogP) is 0.111. The van der Waals surface area contributed by atoms with Crippen molar-refractivity contribution < 1.29 is 14.3 Å². The Bertz CT molecular complexity index is 301. The second kappa shape index (κ2) is 9.35. The molecule has 0 unspecified atom stereocenters. The lowest BCUT2D eigenvalue weighted by molar-refractivity contribution is -0.124. The summed E-state index contributed by atoms with van der Waals surface area (Å²) in [6, 6.07) is 0.295. The molecule has 1 amide bonds. The Morgan fingerprint density at radius 1 is 1.24 bits per heavy atom. The topological polar surface area (TPSA) is 76.8 Å².